The largest absolute Gasteiger partial charge is 0.310 e. The second-order valence-electron chi connectivity index (χ2n) is 16.8. The molecule has 0 saturated heterocycles. The van der Waals surface area contributed by atoms with E-state index in [1.54, 1.807) is 11.1 Å². The van der Waals surface area contributed by atoms with E-state index in [1.807, 2.05) is 0 Å². The highest BCUT2D eigenvalue weighted by atomic mass is 15.1. The highest BCUT2D eigenvalue weighted by molar-refractivity contribution is 5.93. The molecule has 2 fully saturated rings. The number of hydrogen-bond acceptors (Lipinski definition) is 1. The number of para-hydroxylation sites is 1. The number of nitrogens with zero attached hydrogens (tertiary/aromatic N) is 1. The third-order valence-corrected chi connectivity index (χ3v) is 13.6. The van der Waals surface area contributed by atoms with Gasteiger partial charge in [-0.25, -0.2) is 0 Å². The molecule has 4 aliphatic carbocycles. The topological polar surface area (TPSA) is 3.24 Å². The second-order valence-corrected chi connectivity index (χ2v) is 16.8. The van der Waals surface area contributed by atoms with Crippen LogP contribution in [-0.4, -0.2) is 0 Å². The van der Waals surface area contributed by atoms with Gasteiger partial charge in [-0.3, -0.25) is 0 Å². The van der Waals surface area contributed by atoms with E-state index < -0.39 is 0 Å². The summed E-state index contributed by atoms with van der Waals surface area (Å²) in [7, 11) is 0. The van der Waals surface area contributed by atoms with Crippen LogP contribution in [0.15, 0.2) is 140 Å². The molecule has 2 bridgehead atoms. The molecule has 5 atom stereocenters. The van der Waals surface area contributed by atoms with Crippen molar-refractivity contribution >= 4 is 17.1 Å². The number of rotatable bonds is 4. The van der Waals surface area contributed by atoms with Crippen LogP contribution in [0.1, 0.15) is 75.6 Å². The van der Waals surface area contributed by atoms with Crippen LogP contribution in [0.3, 0.4) is 0 Å². The first-order valence-electron chi connectivity index (χ1n) is 19.3. The van der Waals surface area contributed by atoms with Crippen molar-refractivity contribution in [3.63, 3.8) is 0 Å². The lowest BCUT2D eigenvalue weighted by Crippen LogP contribution is -2.49. The van der Waals surface area contributed by atoms with Gasteiger partial charge >= 0.3 is 0 Å². The van der Waals surface area contributed by atoms with Gasteiger partial charge in [-0.1, -0.05) is 137 Å². The molecule has 1 unspecified atom stereocenters. The SMILES string of the molecule is C[C@H]1C[C@@H]2C[C@H](C1)C1(c3ccccc3-c3cc(N(c4ccc5c(c4)C(C)(C)c4ccccc4-5)c4ccccc4-c4ccccc4)ccc31)[C@H](C)C2. The molecule has 4 aliphatic rings. The number of fused-ring (bicyclic) bond motifs is 11. The summed E-state index contributed by atoms with van der Waals surface area (Å²) >= 11 is 0. The molecule has 0 aromatic heterocycles. The summed E-state index contributed by atoms with van der Waals surface area (Å²) in [5, 5.41) is 0. The number of anilines is 3. The molecule has 6 aromatic rings. The van der Waals surface area contributed by atoms with Crippen molar-refractivity contribution in [2.75, 3.05) is 4.90 Å². The Bertz CT molecular complexity index is 2310. The number of benzene rings is 6. The van der Waals surface area contributed by atoms with Crippen LogP contribution in [0.5, 0.6) is 0 Å². The van der Waals surface area contributed by atoms with Crippen LogP contribution in [-0.2, 0) is 10.8 Å². The second kappa shape index (κ2) is 11.3. The summed E-state index contributed by atoms with van der Waals surface area (Å²) in [5.41, 5.74) is 17.6. The maximum atomic E-state index is 2.57. The third-order valence-electron chi connectivity index (χ3n) is 13.6. The first-order chi connectivity index (χ1) is 24.9. The standard InChI is InChI=1S/C50H47N/c1-32-26-34-28-33(2)50(36(27-32)29-34)45-20-12-9-18-41(45)43-30-37(23-25-46(43)50)51(48-21-13-10-16-39(48)35-14-6-5-7-15-35)38-22-24-42-40-17-8-11-19-44(40)49(3,4)47(42)31-38/h5-25,30-34,36H,26-29H2,1-4H3/t32-,33+,34-,36-,50?/m0/s1. The Morgan fingerprint density at radius 3 is 1.90 bits per heavy atom. The van der Waals surface area contributed by atoms with Crippen LogP contribution in [0.4, 0.5) is 17.1 Å². The Morgan fingerprint density at radius 1 is 0.490 bits per heavy atom. The van der Waals surface area contributed by atoms with Crippen molar-refractivity contribution in [1.29, 1.82) is 0 Å². The maximum absolute atomic E-state index is 2.57. The van der Waals surface area contributed by atoms with Gasteiger partial charge in [-0.2, -0.15) is 0 Å². The molecule has 51 heavy (non-hydrogen) atoms. The van der Waals surface area contributed by atoms with Gasteiger partial charge in [0.25, 0.3) is 0 Å². The fraction of sp³-hybridized carbons (Fsp3) is 0.280. The van der Waals surface area contributed by atoms with Gasteiger partial charge in [-0.15, -0.1) is 0 Å². The van der Waals surface area contributed by atoms with Crippen molar-refractivity contribution in [3.8, 4) is 33.4 Å². The average molecular weight is 662 g/mol. The Hall–Kier alpha value is -4.88. The van der Waals surface area contributed by atoms with Crippen LogP contribution in [0.25, 0.3) is 33.4 Å². The van der Waals surface area contributed by atoms with E-state index in [0.717, 1.165) is 11.8 Å². The van der Waals surface area contributed by atoms with E-state index >= 15 is 0 Å². The predicted octanol–water partition coefficient (Wildman–Crippen LogP) is 13.5. The summed E-state index contributed by atoms with van der Waals surface area (Å²) in [5.74, 6) is 2.99. The van der Waals surface area contributed by atoms with E-state index in [2.05, 4.69) is 172 Å². The highest BCUT2D eigenvalue weighted by Crippen LogP contribution is 2.65. The van der Waals surface area contributed by atoms with E-state index in [9.17, 15) is 0 Å². The van der Waals surface area contributed by atoms with Crippen molar-refractivity contribution < 1.29 is 0 Å². The molecular weight excluding hydrogens is 615 g/mol. The Labute approximate surface area is 304 Å². The van der Waals surface area contributed by atoms with Gasteiger partial charge in [0.15, 0.2) is 0 Å². The molecule has 1 spiro atoms. The van der Waals surface area contributed by atoms with Crippen LogP contribution >= 0.6 is 0 Å². The summed E-state index contributed by atoms with van der Waals surface area (Å²) in [6.45, 7) is 9.85. The lowest BCUT2D eigenvalue weighted by atomic mass is 9.49. The van der Waals surface area contributed by atoms with E-state index in [0.29, 0.717) is 11.8 Å². The summed E-state index contributed by atoms with van der Waals surface area (Å²) in [4.78, 5) is 2.54. The monoisotopic (exact) mass is 661 g/mol. The summed E-state index contributed by atoms with van der Waals surface area (Å²) in [6, 6.07) is 53.0. The van der Waals surface area contributed by atoms with Gasteiger partial charge < -0.3 is 4.90 Å². The van der Waals surface area contributed by atoms with Crippen molar-refractivity contribution in [2.45, 2.75) is 64.2 Å². The highest BCUT2D eigenvalue weighted by Gasteiger charge is 2.56. The molecule has 0 heterocycles. The van der Waals surface area contributed by atoms with E-state index in [4.69, 9.17) is 0 Å². The average Bonchev–Trinajstić information content (AvgIpc) is 3.57. The molecule has 0 N–H and O–H groups in total. The summed E-state index contributed by atoms with van der Waals surface area (Å²) in [6.07, 6.45) is 5.44. The molecule has 1 heteroatoms. The lowest BCUT2D eigenvalue weighted by Gasteiger charge is -2.54. The molecule has 6 aromatic carbocycles. The van der Waals surface area contributed by atoms with E-state index in [1.165, 1.54) is 87.3 Å². The van der Waals surface area contributed by atoms with Gasteiger partial charge in [0.1, 0.15) is 0 Å². The fourth-order valence-electron chi connectivity index (χ4n) is 11.6. The van der Waals surface area contributed by atoms with Crippen LogP contribution in [0.2, 0.25) is 0 Å². The normalized spacial score (nSPS) is 24.8. The minimum absolute atomic E-state index is 0.0814. The minimum atomic E-state index is -0.0814. The first kappa shape index (κ1) is 30.9. The molecule has 1 nitrogen and oxygen atoms in total. The van der Waals surface area contributed by atoms with Gasteiger partial charge in [0.05, 0.1) is 5.69 Å². The van der Waals surface area contributed by atoms with Crippen LogP contribution < -0.4 is 4.90 Å². The maximum Gasteiger partial charge on any atom is 0.0540 e. The number of hydrogen-bond donors (Lipinski definition) is 0. The zero-order chi connectivity index (χ0) is 34.5. The predicted molar refractivity (Wildman–Crippen MR) is 214 cm³/mol. The molecule has 0 aliphatic heterocycles. The molecule has 10 rings (SSSR count). The summed E-state index contributed by atoms with van der Waals surface area (Å²) < 4.78 is 0. The quantitative estimate of drug-likeness (QED) is 0.182. The molecule has 0 radical (unpaired) electrons. The molecule has 0 amide bonds. The Kier molecular flexibility index (Phi) is 6.85. The van der Waals surface area contributed by atoms with Crippen molar-refractivity contribution in [1.82, 2.24) is 0 Å². The fourth-order valence-corrected chi connectivity index (χ4v) is 11.6. The van der Waals surface area contributed by atoms with Crippen LogP contribution in [0, 0.1) is 23.7 Å². The lowest BCUT2D eigenvalue weighted by molar-refractivity contribution is 0.0426. The third kappa shape index (κ3) is 4.40. The first-order valence-corrected chi connectivity index (χ1v) is 19.3. The smallest absolute Gasteiger partial charge is 0.0540 e. The van der Waals surface area contributed by atoms with Gasteiger partial charge in [-0.05, 0) is 130 Å². The Balaban J connectivity index is 1.20. The van der Waals surface area contributed by atoms with Gasteiger partial charge in [0, 0.05) is 27.8 Å². The zero-order valence-electron chi connectivity index (χ0n) is 30.4. The van der Waals surface area contributed by atoms with Gasteiger partial charge in [0.2, 0.25) is 0 Å². The minimum Gasteiger partial charge on any atom is -0.310 e. The van der Waals surface area contributed by atoms with Crippen molar-refractivity contribution in [2.24, 2.45) is 23.7 Å². The Morgan fingerprint density at radius 2 is 1.10 bits per heavy atom. The van der Waals surface area contributed by atoms with E-state index in [-0.39, 0.29) is 10.8 Å². The molecule has 2 saturated carbocycles. The van der Waals surface area contributed by atoms with Crippen molar-refractivity contribution in [3.05, 3.63) is 162 Å². The zero-order valence-corrected chi connectivity index (χ0v) is 30.4. The molecular formula is C50H47N. The molecule has 252 valence electrons.